The van der Waals surface area contributed by atoms with Gasteiger partial charge in [-0.1, -0.05) is 11.6 Å². The number of nitrogens with zero attached hydrogens (tertiary/aromatic N) is 2. The summed E-state index contributed by atoms with van der Waals surface area (Å²) in [6.07, 6.45) is -3.21. The fraction of sp³-hybridized carbons (Fsp3) is 0.133. The van der Waals surface area contributed by atoms with E-state index in [9.17, 15) is 22.8 Å². The molecule has 0 aliphatic rings. The zero-order chi connectivity index (χ0) is 18.4. The van der Waals surface area contributed by atoms with Crippen molar-refractivity contribution in [2.45, 2.75) is 13.1 Å². The summed E-state index contributed by atoms with van der Waals surface area (Å²) in [7, 11) is 0. The first-order valence-corrected chi connectivity index (χ1v) is 7.30. The van der Waals surface area contributed by atoms with E-state index in [1.54, 1.807) is 6.92 Å². The van der Waals surface area contributed by atoms with Gasteiger partial charge >= 0.3 is 6.18 Å². The molecule has 0 aliphatic heterocycles. The van der Waals surface area contributed by atoms with Crippen LogP contribution in [0.2, 0.25) is 5.02 Å². The van der Waals surface area contributed by atoms with Crippen LogP contribution in [-0.2, 0) is 6.18 Å². The van der Waals surface area contributed by atoms with E-state index in [-0.39, 0.29) is 16.2 Å². The zero-order valence-corrected chi connectivity index (χ0v) is 13.4. The molecule has 0 spiro atoms. The van der Waals surface area contributed by atoms with Gasteiger partial charge in [-0.05, 0) is 25.1 Å². The van der Waals surface area contributed by atoms with Crippen molar-refractivity contribution in [3.63, 3.8) is 0 Å². The summed E-state index contributed by atoms with van der Waals surface area (Å²) in [6, 6.07) is 4.19. The van der Waals surface area contributed by atoms with Crippen LogP contribution in [0.25, 0.3) is 5.52 Å². The monoisotopic (exact) mass is 370 g/mol. The topological polar surface area (TPSA) is 79.3 Å². The molecule has 2 N–H and O–H groups in total. The lowest BCUT2D eigenvalue weighted by Gasteiger charge is -2.13. The second-order valence-electron chi connectivity index (χ2n) is 5.27. The summed E-state index contributed by atoms with van der Waals surface area (Å²) < 4.78 is 40.4. The standard InChI is InChI=1S/C15H10ClF3N4O2/c1-7-6-23-12(14(25)20-7)5-11(22-23)13(24)21-10-3-2-8(16)4-9(10)15(17,18)19/h2-6H,1H3,(H,20,25)(H,21,24). The number of halogens is 4. The Bertz CT molecular complexity index is 1040. The van der Waals surface area contributed by atoms with Crippen LogP contribution in [0.15, 0.2) is 35.3 Å². The molecule has 0 fully saturated rings. The molecule has 0 atom stereocenters. The summed E-state index contributed by atoms with van der Waals surface area (Å²) >= 11 is 5.60. The lowest BCUT2D eigenvalue weighted by molar-refractivity contribution is -0.136. The van der Waals surface area contributed by atoms with Gasteiger partial charge in [0.05, 0.1) is 11.3 Å². The lowest BCUT2D eigenvalue weighted by Crippen LogP contribution is -2.17. The maximum Gasteiger partial charge on any atom is 0.418 e. The number of alkyl halides is 3. The van der Waals surface area contributed by atoms with Gasteiger partial charge in [-0.2, -0.15) is 18.3 Å². The maximum atomic E-state index is 13.1. The lowest BCUT2D eigenvalue weighted by atomic mass is 10.1. The Labute approximate surface area is 143 Å². The van der Waals surface area contributed by atoms with Gasteiger partial charge in [0, 0.05) is 23.0 Å². The van der Waals surface area contributed by atoms with Gasteiger partial charge in [-0.25, -0.2) is 4.52 Å². The quantitative estimate of drug-likeness (QED) is 0.726. The third-order valence-electron chi connectivity index (χ3n) is 3.36. The molecule has 0 radical (unpaired) electrons. The number of aryl methyl sites for hydroxylation is 1. The fourth-order valence-corrected chi connectivity index (χ4v) is 2.45. The van der Waals surface area contributed by atoms with E-state index in [4.69, 9.17) is 11.6 Å². The summed E-state index contributed by atoms with van der Waals surface area (Å²) in [5.74, 6) is -0.881. The van der Waals surface area contributed by atoms with E-state index in [0.717, 1.165) is 12.1 Å². The van der Waals surface area contributed by atoms with Crippen molar-refractivity contribution in [2.75, 3.05) is 5.32 Å². The molecule has 3 rings (SSSR count). The number of amides is 1. The molecule has 25 heavy (non-hydrogen) atoms. The van der Waals surface area contributed by atoms with Gasteiger partial charge in [0.15, 0.2) is 5.69 Å². The average molecular weight is 371 g/mol. The highest BCUT2D eigenvalue weighted by molar-refractivity contribution is 6.30. The minimum Gasteiger partial charge on any atom is -0.323 e. The second-order valence-corrected chi connectivity index (χ2v) is 5.70. The number of H-pyrrole nitrogens is 1. The highest BCUT2D eigenvalue weighted by Crippen LogP contribution is 2.36. The Morgan fingerprint density at radius 1 is 1.32 bits per heavy atom. The molecule has 130 valence electrons. The Morgan fingerprint density at radius 3 is 2.72 bits per heavy atom. The number of carbonyl (C=O) groups excluding carboxylic acids is 1. The van der Waals surface area contributed by atoms with E-state index in [1.807, 2.05) is 0 Å². The molecule has 0 saturated carbocycles. The second kappa shape index (κ2) is 5.92. The predicted molar refractivity (Wildman–Crippen MR) is 85.0 cm³/mol. The molecule has 2 aromatic heterocycles. The molecule has 3 aromatic rings. The minimum atomic E-state index is -4.69. The smallest absolute Gasteiger partial charge is 0.323 e. The number of hydrogen-bond donors (Lipinski definition) is 2. The third-order valence-corrected chi connectivity index (χ3v) is 3.60. The van der Waals surface area contributed by atoms with E-state index >= 15 is 0 Å². The Hall–Kier alpha value is -2.81. The van der Waals surface area contributed by atoms with E-state index in [0.29, 0.717) is 5.69 Å². The van der Waals surface area contributed by atoms with Crippen LogP contribution in [0.4, 0.5) is 18.9 Å². The molecule has 0 aliphatic carbocycles. The van der Waals surface area contributed by atoms with Crippen molar-refractivity contribution in [3.05, 3.63) is 62.8 Å². The summed E-state index contributed by atoms with van der Waals surface area (Å²) in [6.45, 7) is 1.63. The van der Waals surface area contributed by atoms with Gasteiger partial charge in [0.2, 0.25) is 0 Å². The van der Waals surface area contributed by atoms with Crippen molar-refractivity contribution in [3.8, 4) is 0 Å². The van der Waals surface area contributed by atoms with E-state index < -0.39 is 28.9 Å². The van der Waals surface area contributed by atoms with Crippen LogP contribution in [0, 0.1) is 6.92 Å². The van der Waals surface area contributed by atoms with Gasteiger partial charge in [-0.15, -0.1) is 0 Å². The SMILES string of the molecule is Cc1cn2nc(C(=O)Nc3ccc(Cl)cc3C(F)(F)F)cc2c(=O)[nH]1. The number of benzene rings is 1. The highest BCUT2D eigenvalue weighted by atomic mass is 35.5. The van der Waals surface area contributed by atoms with Gasteiger partial charge in [0.1, 0.15) is 5.52 Å². The first-order valence-electron chi connectivity index (χ1n) is 6.92. The molecule has 0 saturated heterocycles. The van der Waals surface area contributed by atoms with Crippen molar-refractivity contribution in [1.82, 2.24) is 14.6 Å². The van der Waals surface area contributed by atoms with Gasteiger partial charge in [0.25, 0.3) is 11.5 Å². The number of hydrogen-bond acceptors (Lipinski definition) is 3. The summed E-state index contributed by atoms with van der Waals surface area (Å²) in [4.78, 5) is 26.6. The molecule has 2 heterocycles. The molecule has 6 nitrogen and oxygen atoms in total. The molecular weight excluding hydrogens is 361 g/mol. The number of aromatic nitrogens is 3. The zero-order valence-electron chi connectivity index (χ0n) is 12.6. The molecule has 0 unspecified atom stereocenters. The highest BCUT2D eigenvalue weighted by Gasteiger charge is 2.34. The number of anilines is 1. The van der Waals surface area contributed by atoms with E-state index in [2.05, 4.69) is 15.4 Å². The minimum absolute atomic E-state index is 0.0999. The van der Waals surface area contributed by atoms with Crippen molar-refractivity contribution in [1.29, 1.82) is 0 Å². The van der Waals surface area contributed by atoms with E-state index in [1.165, 1.54) is 22.8 Å². The van der Waals surface area contributed by atoms with Crippen molar-refractivity contribution < 1.29 is 18.0 Å². The van der Waals surface area contributed by atoms with Crippen LogP contribution in [0.3, 0.4) is 0 Å². The number of carbonyl (C=O) groups is 1. The molecule has 1 amide bonds. The van der Waals surface area contributed by atoms with Crippen molar-refractivity contribution in [2.24, 2.45) is 0 Å². The third kappa shape index (κ3) is 3.36. The number of nitrogens with one attached hydrogen (secondary N) is 2. The van der Waals surface area contributed by atoms with Crippen LogP contribution in [0.1, 0.15) is 21.7 Å². The van der Waals surface area contributed by atoms with Crippen LogP contribution < -0.4 is 10.9 Å². The van der Waals surface area contributed by atoms with Crippen molar-refractivity contribution >= 4 is 28.7 Å². The molecule has 1 aromatic carbocycles. The first kappa shape index (κ1) is 17.0. The Balaban J connectivity index is 1.99. The summed E-state index contributed by atoms with van der Waals surface area (Å²) in [5, 5.41) is 5.96. The van der Waals surface area contributed by atoms with Gasteiger partial charge in [-0.3, -0.25) is 9.59 Å². The number of fused-ring (bicyclic) bond motifs is 1. The normalized spacial score (nSPS) is 11.7. The predicted octanol–water partition coefficient (Wildman–Crippen LogP) is 3.26. The van der Waals surface area contributed by atoms with Gasteiger partial charge < -0.3 is 10.3 Å². The van der Waals surface area contributed by atoms with Crippen LogP contribution in [0.5, 0.6) is 0 Å². The molecule has 0 bridgehead atoms. The summed E-state index contributed by atoms with van der Waals surface area (Å²) in [5.41, 5.74) is -1.57. The Morgan fingerprint density at radius 2 is 2.04 bits per heavy atom. The molecule has 10 heteroatoms. The number of aromatic amines is 1. The maximum absolute atomic E-state index is 13.1. The fourth-order valence-electron chi connectivity index (χ4n) is 2.28. The van der Waals surface area contributed by atoms with Crippen LogP contribution >= 0.6 is 11.6 Å². The Kier molecular flexibility index (Phi) is 4.03. The van der Waals surface area contributed by atoms with Crippen LogP contribution in [-0.4, -0.2) is 20.5 Å². The largest absolute Gasteiger partial charge is 0.418 e. The average Bonchev–Trinajstić information content (AvgIpc) is 2.92. The number of rotatable bonds is 2. The first-order chi connectivity index (χ1) is 11.6. The molecular formula is C15H10ClF3N4O2.